The predicted octanol–water partition coefficient (Wildman–Crippen LogP) is 6.62. The van der Waals surface area contributed by atoms with Crippen molar-refractivity contribution in [1.82, 2.24) is 10.6 Å². The van der Waals surface area contributed by atoms with Crippen molar-refractivity contribution in [3.8, 4) is 5.75 Å². The fourth-order valence-corrected chi connectivity index (χ4v) is 4.43. The molecule has 1 heterocycles. The van der Waals surface area contributed by atoms with Crippen molar-refractivity contribution in [2.24, 2.45) is 10.9 Å². The normalized spacial score (nSPS) is 14.1. The van der Waals surface area contributed by atoms with Crippen LogP contribution in [0, 0.1) is 5.92 Å². The number of hydrogen-bond donors (Lipinski definition) is 3. The van der Waals surface area contributed by atoms with Crippen LogP contribution in [0.15, 0.2) is 47.5 Å². The lowest BCUT2D eigenvalue weighted by molar-refractivity contribution is 0.0975. The van der Waals surface area contributed by atoms with Gasteiger partial charge in [0.15, 0.2) is 5.96 Å². The lowest BCUT2D eigenvalue weighted by atomic mass is 9.96. The Morgan fingerprint density at radius 2 is 2.00 bits per heavy atom. The number of hydrogen-bond acceptors (Lipinski definition) is 5. The highest BCUT2D eigenvalue weighted by Gasteiger charge is 2.15. The summed E-state index contributed by atoms with van der Waals surface area (Å²) >= 11 is 0. The second kappa shape index (κ2) is 13.8. The largest absolute Gasteiger partial charge is 0.494 e. The summed E-state index contributed by atoms with van der Waals surface area (Å²) in [5.74, 6) is 2.35. The van der Waals surface area contributed by atoms with Gasteiger partial charge in [0.25, 0.3) is 5.91 Å². The van der Waals surface area contributed by atoms with E-state index in [1.807, 2.05) is 42.5 Å². The van der Waals surface area contributed by atoms with Crippen LogP contribution in [-0.2, 0) is 0 Å². The monoisotopic (exact) mass is 478 g/mol. The topological polar surface area (TPSA) is 74.8 Å². The minimum absolute atomic E-state index is 0.147. The molecule has 3 N–H and O–H groups in total. The number of nitrogens with one attached hydrogen (secondary N) is 3. The molecule has 1 unspecified atom stereocenters. The fraction of sp³-hybridized carbons (Fsp3) is 0.517. The fourth-order valence-electron chi connectivity index (χ4n) is 4.43. The first kappa shape index (κ1) is 26.6. The quantitative estimate of drug-likeness (QED) is 0.300. The Labute approximate surface area is 211 Å². The number of aliphatic imine (C=N–C) groups is 1. The Morgan fingerprint density at radius 1 is 1.14 bits per heavy atom. The van der Waals surface area contributed by atoms with Crippen molar-refractivity contribution in [1.29, 1.82) is 0 Å². The standard InChI is InChI=1S/C29H42N4O2/c1-5-10-22(6-2)11-8-18-35-25-13-7-12-24(20-25)32-27-15-14-23(19-26(27)21(3)4)28(34)33-29-30-16-9-17-31-29/h7,12-15,19-22,32H,5-6,8-11,16-18H2,1-4H3,(H2,30,31,33,34). The minimum Gasteiger partial charge on any atom is -0.494 e. The number of rotatable bonds is 12. The molecule has 1 amide bonds. The molecule has 0 saturated heterocycles. The third-order valence-corrected chi connectivity index (χ3v) is 6.48. The van der Waals surface area contributed by atoms with Crippen LogP contribution < -0.4 is 20.7 Å². The molecule has 2 aromatic carbocycles. The average Bonchev–Trinajstić information content (AvgIpc) is 2.86. The summed E-state index contributed by atoms with van der Waals surface area (Å²) in [6, 6.07) is 13.9. The van der Waals surface area contributed by atoms with Crippen molar-refractivity contribution >= 4 is 23.2 Å². The first-order chi connectivity index (χ1) is 17.0. The highest BCUT2D eigenvalue weighted by molar-refractivity contribution is 6.06. The summed E-state index contributed by atoms with van der Waals surface area (Å²) in [5.41, 5.74) is 3.68. The number of anilines is 2. The van der Waals surface area contributed by atoms with Crippen LogP contribution in [-0.4, -0.2) is 31.6 Å². The van der Waals surface area contributed by atoms with E-state index in [1.54, 1.807) is 0 Å². The van der Waals surface area contributed by atoms with Gasteiger partial charge in [-0.2, -0.15) is 0 Å². The van der Waals surface area contributed by atoms with Crippen molar-refractivity contribution in [2.45, 2.75) is 72.1 Å². The van der Waals surface area contributed by atoms with E-state index in [0.717, 1.165) is 61.1 Å². The van der Waals surface area contributed by atoms with Crippen LogP contribution in [0.3, 0.4) is 0 Å². The van der Waals surface area contributed by atoms with Crippen LogP contribution in [0.4, 0.5) is 11.4 Å². The molecule has 1 atom stereocenters. The molecule has 0 saturated carbocycles. The van der Waals surface area contributed by atoms with E-state index in [4.69, 9.17) is 4.74 Å². The lowest BCUT2D eigenvalue weighted by Crippen LogP contribution is -2.43. The van der Waals surface area contributed by atoms with Gasteiger partial charge in [0, 0.05) is 36.1 Å². The molecule has 190 valence electrons. The number of amides is 1. The van der Waals surface area contributed by atoms with Gasteiger partial charge in [-0.1, -0.05) is 53.0 Å². The summed E-state index contributed by atoms with van der Waals surface area (Å²) in [6.45, 7) is 11.1. The second-order valence-corrected chi connectivity index (χ2v) is 9.63. The SMILES string of the molecule is CCCC(CC)CCCOc1cccc(Nc2ccc(C(=O)NC3=NCCCN3)cc2C(C)C)c1. The summed E-state index contributed by atoms with van der Waals surface area (Å²) in [6.07, 6.45) is 7.10. The van der Waals surface area contributed by atoms with E-state index in [-0.39, 0.29) is 11.8 Å². The van der Waals surface area contributed by atoms with E-state index in [9.17, 15) is 4.79 Å². The molecule has 35 heavy (non-hydrogen) atoms. The Morgan fingerprint density at radius 3 is 2.71 bits per heavy atom. The molecule has 1 aliphatic heterocycles. The van der Waals surface area contributed by atoms with Gasteiger partial charge < -0.3 is 15.4 Å². The Bertz CT molecular complexity index is 986. The number of ether oxygens (including phenoxy) is 1. The molecular weight excluding hydrogens is 436 g/mol. The number of carbonyl (C=O) groups excluding carboxylic acids is 1. The number of guanidine groups is 1. The van der Waals surface area contributed by atoms with Gasteiger partial charge in [-0.15, -0.1) is 0 Å². The first-order valence-electron chi connectivity index (χ1n) is 13.2. The molecule has 0 fully saturated rings. The van der Waals surface area contributed by atoms with E-state index < -0.39 is 0 Å². The van der Waals surface area contributed by atoms with Crippen molar-refractivity contribution in [3.63, 3.8) is 0 Å². The second-order valence-electron chi connectivity index (χ2n) is 9.63. The molecule has 1 aliphatic rings. The van der Waals surface area contributed by atoms with Gasteiger partial charge >= 0.3 is 0 Å². The van der Waals surface area contributed by atoms with Gasteiger partial charge in [-0.3, -0.25) is 15.1 Å². The maximum Gasteiger partial charge on any atom is 0.257 e. The molecule has 2 aromatic rings. The molecule has 3 rings (SSSR count). The van der Waals surface area contributed by atoms with Crippen LogP contribution in [0.25, 0.3) is 0 Å². The summed E-state index contributed by atoms with van der Waals surface area (Å²) in [7, 11) is 0. The average molecular weight is 479 g/mol. The van der Waals surface area contributed by atoms with E-state index in [0.29, 0.717) is 11.5 Å². The van der Waals surface area contributed by atoms with Crippen molar-refractivity contribution in [2.75, 3.05) is 25.0 Å². The summed E-state index contributed by atoms with van der Waals surface area (Å²) < 4.78 is 6.05. The van der Waals surface area contributed by atoms with Crippen LogP contribution in [0.1, 0.15) is 88.1 Å². The molecule has 0 aromatic heterocycles. The highest BCUT2D eigenvalue weighted by atomic mass is 16.5. The first-order valence-corrected chi connectivity index (χ1v) is 13.2. The Balaban J connectivity index is 1.62. The molecule has 6 heteroatoms. The van der Waals surface area contributed by atoms with Crippen molar-refractivity contribution in [3.05, 3.63) is 53.6 Å². The van der Waals surface area contributed by atoms with Gasteiger partial charge in [-0.25, -0.2) is 0 Å². The van der Waals surface area contributed by atoms with Gasteiger partial charge in [-0.05, 0) is 67.0 Å². The number of nitrogens with zero attached hydrogens (tertiary/aromatic N) is 1. The van der Waals surface area contributed by atoms with Crippen LogP contribution in [0.5, 0.6) is 5.75 Å². The predicted molar refractivity (Wildman–Crippen MR) is 146 cm³/mol. The van der Waals surface area contributed by atoms with E-state index in [1.165, 1.54) is 25.7 Å². The minimum atomic E-state index is -0.147. The Hall–Kier alpha value is -3.02. The van der Waals surface area contributed by atoms with Gasteiger partial charge in [0.05, 0.1) is 6.61 Å². The van der Waals surface area contributed by atoms with Crippen molar-refractivity contribution < 1.29 is 9.53 Å². The summed E-state index contributed by atoms with van der Waals surface area (Å²) in [5, 5.41) is 9.54. The maximum absolute atomic E-state index is 12.8. The molecule has 6 nitrogen and oxygen atoms in total. The molecule has 0 bridgehead atoms. The third-order valence-electron chi connectivity index (χ3n) is 6.48. The molecule has 0 aliphatic carbocycles. The van der Waals surface area contributed by atoms with E-state index >= 15 is 0 Å². The molecular formula is C29H42N4O2. The van der Waals surface area contributed by atoms with Gasteiger partial charge in [0.1, 0.15) is 5.75 Å². The number of carbonyl (C=O) groups is 1. The zero-order valence-corrected chi connectivity index (χ0v) is 21.8. The maximum atomic E-state index is 12.8. The summed E-state index contributed by atoms with van der Waals surface area (Å²) in [4.78, 5) is 17.1. The van der Waals surface area contributed by atoms with Gasteiger partial charge in [0.2, 0.25) is 0 Å². The zero-order valence-electron chi connectivity index (χ0n) is 21.8. The zero-order chi connectivity index (χ0) is 25.0. The highest BCUT2D eigenvalue weighted by Crippen LogP contribution is 2.30. The number of benzene rings is 2. The van der Waals surface area contributed by atoms with Crippen LogP contribution >= 0.6 is 0 Å². The lowest BCUT2D eigenvalue weighted by Gasteiger charge is -2.18. The van der Waals surface area contributed by atoms with Crippen LogP contribution in [0.2, 0.25) is 0 Å². The van der Waals surface area contributed by atoms with E-state index in [2.05, 4.69) is 48.6 Å². The molecule has 0 radical (unpaired) electrons. The Kier molecular flexibility index (Phi) is 10.5. The molecule has 0 spiro atoms. The smallest absolute Gasteiger partial charge is 0.257 e. The third kappa shape index (κ3) is 8.30.